The number of aryl methyl sites for hydroxylation is 1. The maximum absolute atomic E-state index is 5.94. The van der Waals surface area contributed by atoms with Gasteiger partial charge in [-0.05, 0) is 25.3 Å². The molecular formula is C15H21NO. The minimum absolute atomic E-state index is 0.0517. The molecule has 1 unspecified atom stereocenters. The van der Waals surface area contributed by atoms with E-state index >= 15 is 0 Å². The first kappa shape index (κ1) is 12.0. The van der Waals surface area contributed by atoms with Crippen molar-refractivity contribution < 1.29 is 4.74 Å². The molecule has 17 heavy (non-hydrogen) atoms. The van der Waals surface area contributed by atoms with Crippen LogP contribution in [0.3, 0.4) is 0 Å². The van der Waals surface area contributed by atoms with Crippen LogP contribution in [0, 0.1) is 0 Å². The van der Waals surface area contributed by atoms with Gasteiger partial charge in [0.1, 0.15) is 5.76 Å². The Labute approximate surface area is 104 Å². The second kappa shape index (κ2) is 4.82. The quantitative estimate of drug-likeness (QED) is 0.783. The Morgan fingerprint density at radius 3 is 2.24 bits per heavy atom. The summed E-state index contributed by atoms with van der Waals surface area (Å²) in [5.74, 6) is 1.06. The van der Waals surface area contributed by atoms with E-state index in [-0.39, 0.29) is 6.23 Å². The molecule has 0 aliphatic carbocycles. The summed E-state index contributed by atoms with van der Waals surface area (Å²) >= 11 is 0. The molecule has 2 heteroatoms. The van der Waals surface area contributed by atoms with Crippen LogP contribution in [0.1, 0.15) is 44.5 Å². The molecule has 0 bridgehead atoms. The molecule has 1 aromatic carbocycles. The highest BCUT2D eigenvalue weighted by atomic mass is 16.5. The van der Waals surface area contributed by atoms with E-state index in [4.69, 9.17) is 4.74 Å². The van der Waals surface area contributed by atoms with Gasteiger partial charge in [0.05, 0.1) is 5.70 Å². The smallest absolute Gasteiger partial charge is 0.198 e. The van der Waals surface area contributed by atoms with Crippen molar-refractivity contribution in [2.75, 3.05) is 7.05 Å². The van der Waals surface area contributed by atoms with E-state index in [0.717, 1.165) is 18.6 Å². The standard InChI is InChI=1S/C15H21NO/c1-5-12-7-9-13(10-8-12)15-16(4)14(6-2)11(3)17-15/h7-10,15H,5-6H2,1-4H3. The number of hydrogen-bond donors (Lipinski definition) is 0. The van der Waals surface area contributed by atoms with Crippen molar-refractivity contribution >= 4 is 0 Å². The molecular weight excluding hydrogens is 210 g/mol. The Kier molecular flexibility index (Phi) is 3.41. The van der Waals surface area contributed by atoms with Gasteiger partial charge < -0.3 is 9.64 Å². The number of nitrogens with zero attached hydrogens (tertiary/aromatic N) is 1. The van der Waals surface area contributed by atoms with Gasteiger partial charge in [0.2, 0.25) is 0 Å². The molecule has 0 amide bonds. The lowest BCUT2D eigenvalue weighted by molar-refractivity contribution is 0.0542. The normalized spacial score (nSPS) is 19.8. The van der Waals surface area contributed by atoms with Gasteiger partial charge in [0, 0.05) is 12.6 Å². The molecule has 0 spiro atoms. The first-order valence-electron chi connectivity index (χ1n) is 6.35. The van der Waals surface area contributed by atoms with Crippen molar-refractivity contribution in [1.82, 2.24) is 4.90 Å². The summed E-state index contributed by atoms with van der Waals surface area (Å²) in [6.45, 7) is 6.39. The van der Waals surface area contributed by atoms with Crippen LogP contribution in [-0.4, -0.2) is 11.9 Å². The average molecular weight is 231 g/mol. The van der Waals surface area contributed by atoms with E-state index in [1.54, 1.807) is 0 Å². The van der Waals surface area contributed by atoms with Crippen molar-refractivity contribution in [3.8, 4) is 0 Å². The molecule has 0 radical (unpaired) electrons. The molecule has 0 N–H and O–H groups in total. The van der Waals surface area contributed by atoms with Crippen molar-refractivity contribution in [2.45, 2.75) is 39.8 Å². The van der Waals surface area contributed by atoms with Crippen LogP contribution < -0.4 is 0 Å². The van der Waals surface area contributed by atoms with Gasteiger partial charge in [-0.2, -0.15) is 0 Å². The maximum Gasteiger partial charge on any atom is 0.198 e. The van der Waals surface area contributed by atoms with Crippen LogP contribution in [-0.2, 0) is 11.2 Å². The first-order valence-corrected chi connectivity index (χ1v) is 6.35. The van der Waals surface area contributed by atoms with E-state index in [1.807, 2.05) is 0 Å². The van der Waals surface area contributed by atoms with Crippen molar-refractivity contribution in [3.63, 3.8) is 0 Å². The van der Waals surface area contributed by atoms with Crippen LogP contribution in [0.25, 0.3) is 0 Å². The number of rotatable bonds is 3. The van der Waals surface area contributed by atoms with Crippen LogP contribution in [0.4, 0.5) is 0 Å². The van der Waals surface area contributed by atoms with Gasteiger partial charge in [0.25, 0.3) is 0 Å². The summed E-state index contributed by atoms with van der Waals surface area (Å²) in [6, 6.07) is 8.72. The summed E-state index contributed by atoms with van der Waals surface area (Å²) < 4.78 is 5.94. The number of hydrogen-bond acceptors (Lipinski definition) is 2. The van der Waals surface area contributed by atoms with Crippen molar-refractivity contribution in [3.05, 3.63) is 46.8 Å². The van der Waals surface area contributed by atoms with Crippen molar-refractivity contribution in [1.29, 1.82) is 0 Å². The Balaban J connectivity index is 2.20. The number of ether oxygens (including phenoxy) is 1. The van der Waals surface area contributed by atoms with E-state index in [9.17, 15) is 0 Å². The molecule has 92 valence electrons. The number of allylic oxidation sites excluding steroid dienone is 2. The molecule has 1 aliphatic rings. The predicted octanol–water partition coefficient (Wildman–Crippen LogP) is 3.85. The van der Waals surface area contributed by atoms with Crippen LogP contribution in [0.2, 0.25) is 0 Å². The molecule has 0 fully saturated rings. The van der Waals surface area contributed by atoms with Gasteiger partial charge in [-0.1, -0.05) is 38.1 Å². The molecule has 2 nitrogen and oxygen atoms in total. The fraction of sp³-hybridized carbons (Fsp3) is 0.467. The third kappa shape index (κ3) is 2.17. The molecule has 0 aromatic heterocycles. The highest BCUT2D eigenvalue weighted by molar-refractivity contribution is 5.27. The lowest BCUT2D eigenvalue weighted by Crippen LogP contribution is -2.19. The third-order valence-electron chi connectivity index (χ3n) is 3.48. The van der Waals surface area contributed by atoms with Gasteiger partial charge in [-0.15, -0.1) is 0 Å². The van der Waals surface area contributed by atoms with Gasteiger partial charge >= 0.3 is 0 Å². The molecule has 0 saturated heterocycles. The van der Waals surface area contributed by atoms with Gasteiger partial charge in [-0.3, -0.25) is 0 Å². The number of benzene rings is 1. The lowest BCUT2D eigenvalue weighted by atomic mass is 10.1. The van der Waals surface area contributed by atoms with E-state index in [1.165, 1.54) is 16.8 Å². The van der Waals surface area contributed by atoms with E-state index < -0.39 is 0 Å². The second-order valence-electron chi connectivity index (χ2n) is 4.53. The Bertz CT molecular complexity index is 419. The summed E-state index contributed by atoms with van der Waals surface area (Å²) in [4.78, 5) is 2.23. The minimum atomic E-state index is 0.0517. The summed E-state index contributed by atoms with van der Waals surface area (Å²) in [7, 11) is 2.10. The average Bonchev–Trinajstić information content (AvgIpc) is 2.64. The Morgan fingerprint density at radius 1 is 1.12 bits per heavy atom. The monoisotopic (exact) mass is 231 g/mol. The summed E-state index contributed by atoms with van der Waals surface area (Å²) in [6.07, 6.45) is 2.15. The largest absolute Gasteiger partial charge is 0.469 e. The lowest BCUT2D eigenvalue weighted by Gasteiger charge is -2.23. The van der Waals surface area contributed by atoms with Gasteiger partial charge in [-0.25, -0.2) is 0 Å². The third-order valence-corrected chi connectivity index (χ3v) is 3.48. The molecule has 0 saturated carbocycles. The van der Waals surface area contributed by atoms with Crippen LogP contribution in [0.5, 0.6) is 0 Å². The maximum atomic E-state index is 5.94. The van der Waals surface area contributed by atoms with Gasteiger partial charge in [0.15, 0.2) is 6.23 Å². The fourth-order valence-electron chi connectivity index (χ4n) is 2.41. The Hall–Kier alpha value is -1.44. The van der Waals surface area contributed by atoms with E-state index in [0.29, 0.717) is 0 Å². The second-order valence-corrected chi connectivity index (χ2v) is 4.53. The first-order chi connectivity index (χ1) is 8.17. The highest BCUT2D eigenvalue weighted by Gasteiger charge is 2.28. The fourth-order valence-corrected chi connectivity index (χ4v) is 2.41. The molecule has 1 aromatic rings. The minimum Gasteiger partial charge on any atom is -0.469 e. The van der Waals surface area contributed by atoms with E-state index in [2.05, 4.69) is 57.0 Å². The van der Waals surface area contributed by atoms with Crippen LogP contribution >= 0.6 is 0 Å². The zero-order chi connectivity index (χ0) is 12.4. The summed E-state index contributed by atoms with van der Waals surface area (Å²) in [5, 5.41) is 0. The Morgan fingerprint density at radius 2 is 1.76 bits per heavy atom. The zero-order valence-corrected chi connectivity index (χ0v) is 11.2. The molecule has 1 heterocycles. The molecule has 1 aliphatic heterocycles. The van der Waals surface area contributed by atoms with Crippen LogP contribution in [0.15, 0.2) is 35.7 Å². The predicted molar refractivity (Wildman–Crippen MR) is 70.4 cm³/mol. The molecule has 1 atom stereocenters. The topological polar surface area (TPSA) is 12.5 Å². The highest BCUT2D eigenvalue weighted by Crippen LogP contribution is 2.36. The molecule has 2 rings (SSSR count). The summed E-state index contributed by atoms with van der Waals surface area (Å²) in [5.41, 5.74) is 3.90. The van der Waals surface area contributed by atoms with Crippen molar-refractivity contribution in [2.24, 2.45) is 0 Å². The SMILES string of the molecule is CCC1=C(C)OC(c2ccc(CC)cc2)N1C. The zero-order valence-electron chi connectivity index (χ0n) is 11.2.